The van der Waals surface area contributed by atoms with Crippen LogP contribution in [-0.4, -0.2) is 59.0 Å². The summed E-state index contributed by atoms with van der Waals surface area (Å²) in [6.45, 7) is 3.53. The van der Waals surface area contributed by atoms with Gasteiger partial charge in [0.25, 0.3) is 0 Å². The first-order valence-corrected chi connectivity index (χ1v) is 8.35. The summed E-state index contributed by atoms with van der Waals surface area (Å²) >= 11 is 0. The number of ether oxygens (including phenoxy) is 5. The van der Waals surface area contributed by atoms with Crippen molar-refractivity contribution in [2.45, 2.75) is 56.6 Å². The molecule has 0 amide bonds. The molecule has 3 fully saturated rings. The molecule has 0 bridgehead atoms. The van der Waals surface area contributed by atoms with Crippen molar-refractivity contribution < 1.29 is 38.7 Å². The smallest absolute Gasteiger partial charge is 0.331 e. The van der Waals surface area contributed by atoms with Crippen LogP contribution in [0.5, 0.6) is 5.75 Å². The average Bonchev–Trinajstić information content (AvgIpc) is 3.15. The Morgan fingerprint density at radius 2 is 1.85 bits per heavy atom. The van der Waals surface area contributed by atoms with Crippen molar-refractivity contribution in [3.05, 3.63) is 35.9 Å². The van der Waals surface area contributed by atoms with Gasteiger partial charge >= 0.3 is 5.97 Å². The third-order valence-electron chi connectivity index (χ3n) is 4.49. The van der Waals surface area contributed by atoms with E-state index in [2.05, 4.69) is 0 Å². The van der Waals surface area contributed by atoms with Crippen molar-refractivity contribution in [1.29, 1.82) is 0 Å². The zero-order chi connectivity index (χ0) is 18.5. The summed E-state index contributed by atoms with van der Waals surface area (Å²) in [6, 6.07) is 6.33. The molecular formula is C18H20O8. The zero-order valence-corrected chi connectivity index (χ0v) is 14.3. The van der Waals surface area contributed by atoms with Gasteiger partial charge in [0.05, 0.1) is 0 Å². The third-order valence-corrected chi connectivity index (χ3v) is 4.49. The van der Waals surface area contributed by atoms with E-state index in [4.69, 9.17) is 23.7 Å². The molecule has 1 aromatic carbocycles. The van der Waals surface area contributed by atoms with Crippen LogP contribution in [0, 0.1) is 0 Å². The van der Waals surface area contributed by atoms with Crippen molar-refractivity contribution >= 4 is 12.0 Å². The maximum absolute atomic E-state index is 12.1. The minimum absolute atomic E-state index is 0.138. The van der Waals surface area contributed by atoms with E-state index in [0.29, 0.717) is 0 Å². The molecule has 1 aromatic rings. The molecule has 6 atom stereocenters. The summed E-state index contributed by atoms with van der Waals surface area (Å²) in [5.74, 6) is -1.30. The zero-order valence-electron chi connectivity index (χ0n) is 14.3. The maximum Gasteiger partial charge on any atom is 0.331 e. The summed E-state index contributed by atoms with van der Waals surface area (Å²) in [5, 5.41) is 19.3. The Kier molecular flexibility index (Phi) is 4.25. The topological polar surface area (TPSA) is 104 Å². The van der Waals surface area contributed by atoms with Gasteiger partial charge < -0.3 is 33.9 Å². The molecule has 3 aliphatic rings. The highest BCUT2D eigenvalue weighted by Crippen LogP contribution is 2.43. The number of aliphatic hydroxyl groups is 1. The molecule has 0 spiro atoms. The molecule has 26 heavy (non-hydrogen) atoms. The Labute approximate surface area is 149 Å². The van der Waals surface area contributed by atoms with Gasteiger partial charge in [-0.05, 0) is 37.6 Å². The summed E-state index contributed by atoms with van der Waals surface area (Å²) in [6.07, 6.45) is -1.85. The number of phenols is 1. The van der Waals surface area contributed by atoms with Crippen LogP contribution in [-0.2, 0) is 28.5 Å². The van der Waals surface area contributed by atoms with Crippen LogP contribution >= 0.6 is 0 Å². The first kappa shape index (κ1) is 17.4. The lowest BCUT2D eigenvalue weighted by Crippen LogP contribution is -2.38. The van der Waals surface area contributed by atoms with Gasteiger partial charge in [0.15, 0.2) is 24.5 Å². The van der Waals surface area contributed by atoms with Gasteiger partial charge in [0.1, 0.15) is 24.1 Å². The molecule has 6 unspecified atom stereocenters. The normalized spacial score (nSPS) is 37.7. The van der Waals surface area contributed by atoms with E-state index in [1.54, 1.807) is 32.1 Å². The largest absolute Gasteiger partial charge is 0.508 e. The number of hydrogen-bond acceptors (Lipinski definition) is 8. The molecular weight excluding hydrogens is 344 g/mol. The van der Waals surface area contributed by atoms with Crippen LogP contribution in [0.15, 0.2) is 30.3 Å². The summed E-state index contributed by atoms with van der Waals surface area (Å²) in [7, 11) is 0. The molecule has 2 N–H and O–H groups in total. The Bertz CT molecular complexity index is 712. The Balaban J connectivity index is 1.39. The second kappa shape index (κ2) is 6.33. The number of carbonyl (C=O) groups is 1. The van der Waals surface area contributed by atoms with E-state index in [1.165, 1.54) is 18.2 Å². The molecule has 3 saturated heterocycles. The van der Waals surface area contributed by atoms with E-state index in [1.807, 2.05) is 0 Å². The lowest BCUT2D eigenvalue weighted by molar-refractivity contribution is -0.217. The van der Waals surface area contributed by atoms with Gasteiger partial charge in [0, 0.05) is 6.08 Å². The molecule has 4 rings (SSSR count). The molecule has 3 heterocycles. The van der Waals surface area contributed by atoms with Crippen molar-refractivity contribution in [2.75, 3.05) is 0 Å². The minimum Gasteiger partial charge on any atom is -0.508 e. The van der Waals surface area contributed by atoms with Gasteiger partial charge in [-0.3, -0.25) is 0 Å². The van der Waals surface area contributed by atoms with Crippen molar-refractivity contribution in [1.82, 2.24) is 0 Å². The summed E-state index contributed by atoms with van der Waals surface area (Å²) in [4.78, 5) is 12.1. The second-order valence-electron chi connectivity index (χ2n) is 6.89. The van der Waals surface area contributed by atoms with E-state index >= 15 is 0 Å². The van der Waals surface area contributed by atoms with Crippen LogP contribution in [0.2, 0.25) is 0 Å². The van der Waals surface area contributed by atoms with Crippen molar-refractivity contribution in [3.8, 4) is 5.75 Å². The van der Waals surface area contributed by atoms with Gasteiger partial charge in [-0.1, -0.05) is 12.1 Å². The van der Waals surface area contributed by atoms with Gasteiger partial charge in [-0.15, -0.1) is 0 Å². The molecule has 8 nitrogen and oxygen atoms in total. The first-order valence-electron chi connectivity index (χ1n) is 8.35. The predicted octanol–water partition coefficient (Wildman–Crippen LogP) is 0.911. The first-order chi connectivity index (χ1) is 12.3. The SMILES string of the molecule is CC1(C)OC2OC3C(OC(=O)/C=C/c4ccc(O)cc4)C(O)OC3C2O1. The number of hydrogen-bond donors (Lipinski definition) is 2. The fraction of sp³-hybridized carbons (Fsp3) is 0.500. The van der Waals surface area contributed by atoms with Crippen molar-refractivity contribution in [2.24, 2.45) is 0 Å². The van der Waals surface area contributed by atoms with Crippen LogP contribution in [0.1, 0.15) is 19.4 Å². The number of esters is 1. The van der Waals surface area contributed by atoms with Crippen molar-refractivity contribution in [3.63, 3.8) is 0 Å². The number of phenolic OH excluding ortho intramolecular Hbond substituents is 1. The molecule has 140 valence electrons. The quantitative estimate of drug-likeness (QED) is 0.603. The molecule has 8 heteroatoms. The third kappa shape index (κ3) is 3.22. The minimum atomic E-state index is -1.30. The predicted molar refractivity (Wildman–Crippen MR) is 86.6 cm³/mol. The van der Waals surface area contributed by atoms with Gasteiger partial charge in [-0.25, -0.2) is 4.79 Å². The fourth-order valence-electron chi connectivity index (χ4n) is 3.37. The highest BCUT2D eigenvalue weighted by Gasteiger charge is 2.63. The number of benzene rings is 1. The molecule has 0 aliphatic carbocycles. The summed E-state index contributed by atoms with van der Waals surface area (Å²) in [5.41, 5.74) is 0.719. The molecule has 3 aliphatic heterocycles. The number of aromatic hydroxyl groups is 1. The lowest BCUT2D eigenvalue weighted by Gasteiger charge is -2.22. The standard InChI is InChI=1S/C18H20O8/c1-18(2)25-15-13-12(24-17(15)26-18)14(16(21)23-13)22-11(20)8-5-9-3-6-10(19)7-4-9/h3-8,12-17,19,21H,1-2H3/b8-5+. The average molecular weight is 364 g/mol. The molecule has 0 radical (unpaired) electrons. The Morgan fingerprint density at radius 1 is 1.12 bits per heavy atom. The maximum atomic E-state index is 12.1. The van der Waals surface area contributed by atoms with Gasteiger partial charge in [0.2, 0.25) is 0 Å². The highest BCUT2D eigenvalue weighted by molar-refractivity contribution is 5.87. The van der Waals surface area contributed by atoms with Crippen LogP contribution < -0.4 is 0 Å². The Morgan fingerprint density at radius 3 is 2.58 bits per heavy atom. The van der Waals surface area contributed by atoms with E-state index < -0.39 is 48.8 Å². The fourth-order valence-corrected chi connectivity index (χ4v) is 3.37. The number of fused-ring (bicyclic) bond motifs is 3. The lowest BCUT2D eigenvalue weighted by atomic mass is 10.1. The van der Waals surface area contributed by atoms with Crippen LogP contribution in [0.4, 0.5) is 0 Å². The molecule has 0 aromatic heterocycles. The number of carbonyl (C=O) groups excluding carboxylic acids is 1. The van der Waals surface area contributed by atoms with Crippen LogP contribution in [0.3, 0.4) is 0 Å². The Hall–Kier alpha value is -1.97. The van der Waals surface area contributed by atoms with E-state index in [0.717, 1.165) is 5.56 Å². The monoisotopic (exact) mass is 364 g/mol. The molecule has 0 saturated carbocycles. The second-order valence-corrected chi connectivity index (χ2v) is 6.89. The summed E-state index contributed by atoms with van der Waals surface area (Å²) < 4.78 is 27.9. The van der Waals surface area contributed by atoms with Crippen LogP contribution in [0.25, 0.3) is 6.08 Å². The number of aliphatic hydroxyl groups excluding tert-OH is 1. The van der Waals surface area contributed by atoms with Gasteiger partial charge in [-0.2, -0.15) is 0 Å². The van der Waals surface area contributed by atoms with E-state index in [-0.39, 0.29) is 5.75 Å². The number of rotatable bonds is 3. The van der Waals surface area contributed by atoms with E-state index in [9.17, 15) is 15.0 Å². The highest BCUT2D eigenvalue weighted by atomic mass is 16.9.